The van der Waals surface area contributed by atoms with Crippen LogP contribution in [-0.4, -0.2) is 31.7 Å². The van der Waals surface area contributed by atoms with E-state index in [2.05, 4.69) is 17.0 Å². The fraction of sp³-hybridized carbons (Fsp3) is 0.769. The Kier molecular flexibility index (Phi) is 16.9. The van der Waals surface area contributed by atoms with Crippen LogP contribution in [0.3, 0.4) is 0 Å². The molecule has 1 heterocycles. The molecule has 184 valence electrons. The molecule has 0 saturated heterocycles. The Morgan fingerprint density at radius 1 is 0.875 bits per heavy atom. The summed E-state index contributed by atoms with van der Waals surface area (Å²) in [6.07, 6.45) is 18.5. The van der Waals surface area contributed by atoms with Crippen LogP contribution in [0.1, 0.15) is 120 Å². The zero-order valence-corrected chi connectivity index (χ0v) is 21.4. The van der Waals surface area contributed by atoms with Gasteiger partial charge < -0.3 is 14.8 Å². The van der Waals surface area contributed by atoms with Crippen molar-refractivity contribution < 1.29 is 19.1 Å². The van der Waals surface area contributed by atoms with E-state index in [0.29, 0.717) is 11.3 Å². The first-order valence-electron chi connectivity index (χ1n) is 12.7. The summed E-state index contributed by atoms with van der Waals surface area (Å²) in [5.74, 6) is -0.995. The normalized spacial score (nSPS) is 11.8. The quantitative estimate of drug-likeness (QED) is 0.157. The SMILES string of the molecule is CCCCCCCCCCCCCCCCNc1csc(C(=O)OC(CC)C(=O)OC)c1. The number of thiophene rings is 1. The maximum absolute atomic E-state index is 12.2. The first kappa shape index (κ1) is 28.5. The van der Waals surface area contributed by atoms with Crippen molar-refractivity contribution >= 4 is 29.0 Å². The number of nitrogens with one attached hydrogen (secondary N) is 1. The van der Waals surface area contributed by atoms with E-state index < -0.39 is 18.0 Å². The van der Waals surface area contributed by atoms with E-state index in [-0.39, 0.29) is 0 Å². The van der Waals surface area contributed by atoms with E-state index in [9.17, 15) is 9.59 Å². The molecule has 0 bridgehead atoms. The summed E-state index contributed by atoms with van der Waals surface area (Å²) in [5.41, 5.74) is 0.933. The predicted octanol–water partition coefficient (Wildman–Crippen LogP) is 7.75. The van der Waals surface area contributed by atoms with Gasteiger partial charge in [0.05, 0.1) is 7.11 Å². The minimum absolute atomic E-state index is 0.397. The minimum atomic E-state index is -0.846. The van der Waals surface area contributed by atoms with Crippen LogP contribution >= 0.6 is 11.3 Å². The highest BCUT2D eigenvalue weighted by molar-refractivity contribution is 7.12. The van der Waals surface area contributed by atoms with Gasteiger partial charge in [-0.15, -0.1) is 11.3 Å². The number of esters is 2. The molecule has 32 heavy (non-hydrogen) atoms. The smallest absolute Gasteiger partial charge is 0.349 e. The second kappa shape index (κ2) is 19.0. The van der Waals surface area contributed by atoms with Gasteiger partial charge in [0.1, 0.15) is 4.88 Å². The molecule has 1 atom stereocenters. The van der Waals surface area contributed by atoms with Crippen molar-refractivity contribution in [1.82, 2.24) is 0 Å². The van der Waals surface area contributed by atoms with Gasteiger partial charge in [-0.1, -0.05) is 97.3 Å². The molecule has 5 nitrogen and oxygen atoms in total. The Hall–Kier alpha value is -1.56. The van der Waals surface area contributed by atoms with Gasteiger partial charge in [0.15, 0.2) is 6.10 Å². The highest BCUT2D eigenvalue weighted by Gasteiger charge is 2.23. The van der Waals surface area contributed by atoms with Crippen molar-refractivity contribution in [2.24, 2.45) is 0 Å². The zero-order valence-electron chi connectivity index (χ0n) is 20.6. The minimum Gasteiger partial charge on any atom is -0.466 e. The maximum atomic E-state index is 12.2. The van der Waals surface area contributed by atoms with Crippen molar-refractivity contribution in [3.8, 4) is 0 Å². The molecule has 0 spiro atoms. The van der Waals surface area contributed by atoms with Gasteiger partial charge in [-0.2, -0.15) is 0 Å². The third kappa shape index (κ3) is 13.1. The summed E-state index contributed by atoms with van der Waals surface area (Å²) >= 11 is 1.33. The Morgan fingerprint density at radius 3 is 1.91 bits per heavy atom. The van der Waals surface area contributed by atoms with E-state index in [4.69, 9.17) is 4.74 Å². The van der Waals surface area contributed by atoms with Gasteiger partial charge in [0, 0.05) is 17.6 Å². The summed E-state index contributed by atoms with van der Waals surface area (Å²) in [4.78, 5) is 24.3. The summed E-state index contributed by atoms with van der Waals surface area (Å²) in [7, 11) is 1.29. The number of hydrogen-bond acceptors (Lipinski definition) is 6. The van der Waals surface area contributed by atoms with E-state index in [1.807, 2.05) is 5.38 Å². The second-order valence-corrected chi connectivity index (χ2v) is 9.46. The molecule has 0 amide bonds. The monoisotopic (exact) mass is 467 g/mol. The number of carbonyl (C=O) groups is 2. The van der Waals surface area contributed by atoms with E-state index >= 15 is 0 Å². The Morgan fingerprint density at radius 2 is 1.41 bits per heavy atom. The Bertz CT molecular complexity index is 617. The summed E-state index contributed by atoms with van der Waals surface area (Å²) in [5, 5.41) is 5.29. The lowest BCUT2D eigenvalue weighted by molar-refractivity contribution is -0.151. The van der Waals surface area contributed by atoms with Gasteiger partial charge >= 0.3 is 11.9 Å². The van der Waals surface area contributed by atoms with Crippen LogP contribution in [0.25, 0.3) is 0 Å². The highest BCUT2D eigenvalue weighted by Crippen LogP contribution is 2.21. The average molecular weight is 468 g/mol. The van der Waals surface area contributed by atoms with Gasteiger partial charge in [-0.25, -0.2) is 9.59 Å². The Balaban J connectivity index is 2.01. The molecule has 6 heteroatoms. The molecule has 1 N–H and O–H groups in total. The zero-order chi connectivity index (χ0) is 23.4. The van der Waals surface area contributed by atoms with Crippen molar-refractivity contribution in [2.45, 2.75) is 116 Å². The van der Waals surface area contributed by atoms with E-state index in [1.54, 1.807) is 13.0 Å². The molecule has 0 aromatic carbocycles. The molecule has 0 aliphatic carbocycles. The molecule has 1 aromatic rings. The Labute approximate surface area is 199 Å². The number of unbranched alkanes of at least 4 members (excludes halogenated alkanes) is 13. The number of anilines is 1. The molecule has 0 fully saturated rings. The van der Waals surface area contributed by atoms with Crippen molar-refractivity contribution in [1.29, 1.82) is 0 Å². The standard InChI is InChI=1S/C26H45NO4S/c1-4-6-7-8-9-10-11-12-13-14-15-16-17-18-19-27-22-20-24(32-21-22)26(29)31-23(5-2)25(28)30-3/h20-21,23,27H,4-19H2,1-3H3. The van der Waals surface area contributed by atoms with Gasteiger partial charge in [0.2, 0.25) is 0 Å². The summed E-state index contributed by atoms with van der Waals surface area (Å²) < 4.78 is 9.91. The van der Waals surface area contributed by atoms with Crippen LogP contribution in [0.4, 0.5) is 5.69 Å². The second-order valence-electron chi connectivity index (χ2n) is 8.55. The van der Waals surface area contributed by atoms with Crippen molar-refractivity contribution in [2.75, 3.05) is 19.0 Å². The fourth-order valence-corrected chi connectivity index (χ4v) is 4.45. The van der Waals surface area contributed by atoms with Crippen LogP contribution in [0.5, 0.6) is 0 Å². The maximum Gasteiger partial charge on any atom is 0.349 e. The molecule has 0 aliphatic heterocycles. The molecule has 1 rings (SSSR count). The molecular formula is C26H45NO4S. The van der Waals surface area contributed by atoms with Gasteiger partial charge in [-0.05, 0) is 18.9 Å². The summed E-state index contributed by atoms with van der Waals surface area (Å²) in [6.45, 7) is 4.96. The molecule has 1 aromatic heterocycles. The molecular weight excluding hydrogens is 422 g/mol. The molecule has 0 saturated carbocycles. The van der Waals surface area contributed by atoms with Crippen LogP contribution in [-0.2, 0) is 14.3 Å². The van der Waals surface area contributed by atoms with E-state index in [1.165, 1.54) is 102 Å². The number of ether oxygens (including phenoxy) is 2. The fourth-order valence-electron chi connectivity index (χ4n) is 3.71. The average Bonchev–Trinajstić information content (AvgIpc) is 3.28. The topological polar surface area (TPSA) is 64.6 Å². The largest absolute Gasteiger partial charge is 0.466 e. The van der Waals surface area contributed by atoms with E-state index in [0.717, 1.165) is 18.7 Å². The van der Waals surface area contributed by atoms with Crippen LogP contribution in [0.2, 0.25) is 0 Å². The van der Waals surface area contributed by atoms with Crippen LogP contribution in [0, 0.1) is 0 Å². The number of methoxy groups -OCH3 is 1. The number of carbonyl (C=O) groups excluding carboxylic acids is 2. The first-order chi connectivity index (χ1) is 15.6. The lowest BCUT2D eigenvalue weighted by Crippen LogP contribution is -2.27. The number of rotatable bonds is 20. The molecule has 0 aliphatic rings. The number of hydrogen-bond donors (Lipinski definition) is 1. The van der Waals surface area contributed by atoms with Gasteiger partial charge in [-0.3, -0.25) is 0 Å². The van der Waals surface area contributed by atoms with Crippen molar-refractivity contribution in [3.63, 3.8) is 0 Å². The van der Waals surface area contributed by atoms with Gasteiger partial charge in [0.25, 0.3) is 0 Å². The lowest BCUT2D eigenvalue weighted by Gasteiger charge is -2.12. The predicted molar refractivity (Wildman–Crippen MR) is 135 cm³/mol. The molecule has 0 radical (unpaired) electrons. The third-order valence-corrected chi connectivity index (χ3v) is 6.65. The first-order valence-corrected chi connectivity index (χ1v) is 13.6. The third-order valence-electron chi connectivity index (χ3n) is 5.74. The van der Waals surface area contributed by atoms with Crippen molar-refractivity contribution in [3.05, 3.63) is 16.3 Å². The highest BCUT2D eigenvalue weighted by atomic mass is 32.1. The lowest BCUT2D eigenvalue weighted by atomic mass is 10.0. The van der Waals surface area contributed by atoms with Crippen LogP contribution < -0.4 is 5.32 Å². The summed E-state index contributed by atoms with van der Waals surface area (Å²) in [6, 6.07) is 1.79. The molecule has 1 unspecified atom stereocenters. The van der Waals surface area contributed by atoms with Crippen LogP contribution in [0.15, 0.2) is 11.4 Å².